The Morgan fingerprint density at radius 3 is 2.26 bits per heavy atom. The fourth-order valence-corrected chi connectivity index (χ4v) is 1.50. The number of hydrogen-bond acceptors (Lipinski definition) is 4. The van der Waals surface area contributed by atoms with Gasteiger partial charge in [0.05, 0.1) is 18.9 Å². The lowest BCUT2D eigenvalue weighted by atomic mass is 10.1. The van der Waals surface area contributed by atoms with E-state index in [1.807, 2.05) is 6.92 Å². The molecule has 1 unspecified atom stereocenters. The zero-order valence-corrected chi connectivity index (χ0v) is 11.1. The third-order valence-corrected chi connectivity index (χ3v) is 2.50. The smallest absolute Gasteiger partial charge is 0.305 e. The normalized spacial score (nSPS) is 11.8. The molecule has 0 aromatic carbocycles. The molecule has 0 bridgehead atoms. The molecule has 110 valence electrons. The van der Waals surface area contributed by atoms with Crippen LogP contribution in [0, 0.1) is 0 Å². The number of carbonyl (C=O) groups is 3. The first kappa shape index (κ1) is 17.4. The molecule has 19 heavy (non-hydrogen) atoms. The highest BCUT2D eigenvalue weighted by atomic mass is 16.4. The molecule has 0 aromatic rings. The van der Waals surface area contributed by atoms with Crippen LogP contribution in [0.1, 0.15) is 39.0 Å². The number of unbranched alkanes of at least 4 members (excludes halogenated alkanes) is 2. The van der Waals surface area contributed by atoms with Crippen molar-refractivity contribution >= 4 is 17.8 Å². The van der Waals surface area contributed by atoms with E-state index in [1.54, 1.807) is 0 Å². The maximum absolute atomic E-state index is 11.7. The summed E-state index contributed by atoms with van der Waals surface area (Å²) in [6, 6.07) is -0.890. The van der Waals surface area contributed by atoms with Gasteiger partial charge in [-0.3, -0.25) is 14.4 Å². The quantitative estimate of drug-likeness (QED) is 0.400. The highest BCUT2D eigenvalue weighted by Gasteiger charge is 2.20. The van der Waals surface area contributed by atoms with Crippen LogP contribution in [0.3, 0.4) is 0 Å². The Labute approximate surface area is 112 Å². The van der Waals surface area contributed by atoms with Crippen LogP contribution in [0.15, 0.2) is 0 Å². The van der Waals surface area contributed by atoms with Crippen LogP contribution in [0.25, 0.3) is 0 Å². The summed E-state index contributed by atoms with van der Waals surface area (Å²) in [6.45, 7) is 2.61. The number of aliphatic carboxylic acids is 2. The first-order valence-corrected chi connectivity index (χ1v) is 6.42. The minimum Gasteiger partial charge on any atom is -0.481 e. The average molecular weight is 274 g/mol. The van der Waals surface area contributed by atoms with Gasteiger partial charge >= 0.3 is 11.9 Å². The summed E-state index contributed by atoms with van der Waals surface area (Å²) >= 11 is 0. The van der Waals surface area contributed by atoms with Gasteiger partial charge in [0.1, 0.15) is 0 Å². The van der Waals surface area contributed by atoms with Crippen molar-refractivity contribution in [2.75, 3.05) is 13.1 Å². The van der Waals surface area contributed by atoms with E-state index in [2.05, 4.69) is 10.6 Å². The third-order valence-electron chi connectivity index (χ3n) is 2.50. The highest BCUT2D eigenvalue weighted by Crippen LogP contribution is 1.96. The van der Waals surface area contributed by atoms with Crippen molar-refractivity contribution in [1.82, 2.24) is 10.6 Å². The molecular formula is C12H22N2O5. The Balaban J connectivity index is 4.11. The van der Waals surface area contributed by atoms with Crippen molar-refractivity contribution in [3.8, 4) is 0 Å². The second-order valence-electron chi connectivity index (χ2n) is 4.25. The Bertz CT molecular complexity index is 306. The fourth-order valence-electron chi connectivity index (χ4n) is 1.50. The van der Waals surface area contributed by atoms with Crippen molar-refractivity contribution in [1.29, 1.82) is 0 Å². The number of rotatable bonds is 11. The van der Waals surface area contributed by atoms with Crippen LogP contribution < -0.4 is 10.6 Å². The fraction of sp³-hybridized carbons (Fsp3) is 0.750. The molecule has 0 aromatic heterocycles. The number of carbonyl (C=O) groups excluding carboxylic acids is 1. The van der Waals surface area contributed by atoms with E-state index in [-0.39, 0.29) is 19.4 Å². The van der Waals surface area contributed by atoms with Gasteiger partial charge in [0.25, 0.3) is 0 Å². The molecule has 0 rings (SSSR count). The molecule has 0 aliphatic rings. The van der Waals surface area contributed by atoms with Crippen molar-refractivity contribution in [3.63, 3.8) is 0 Å². The van der Waals surface area contributed by atoms with Crippen molar-refractivity contribution in [2.45, 2.75) is 45.1 Å². The molecule has 1 amide bonds. The Hall–Kier alpha value is -1.63. The number of hydrogen-bond donors (Lipinski definition) is 4. The molecule has 0 saturated heterocycles. The molecule has 0 fully saturated rings. The molecule has 0 aliphatic carbocycles. The lowest BCUT2D eigenvalue weighted by molar-refractivity contribution is -0.140. The average Bonchev–Trinajstić information content (AvgIpc) is 2.32. The summed E-state index contributed by atoms with van der Waals surface area (Å²) in [7, 11) is 0. The maximum Gasteiger partial charge on any atom is 0.305 e. The minimum atomic E-state index is -1.10. The minimum absolute atomic E-state index is 0.0651. The van der Waals surface area contributed by atoms with Crippen LogP contribution in [-0.4, -0.2) is 47.2 Å². The van der Waals surface area contributed by atoms with E-state index in [4.69, 9.17) is 10.2 Å². The lowest BCUT2D eigenvalue weighted by Gasteiger charge is -2.16. The van der Waals surface area contributed by atoms with Crippen molar-refractivity contribution < 1.29 is 24.6 Å². The van der Waals surface area contributed by atoms with Crippen LogP contribution in [-0.2, 0) is 14.4 Å². The second-order valence-corrected chi connectivity index (χ2v) is 4.25. The summed E-state index contributed by atoms with van der Waals surface area (Å²) in [5.41, 5.74) is 0. The van der Waals surface area contributed by atoms with Crippen LogP contribution in [0.4, 0.5) is 0 Å². The Morgan fingerprint density at radius 1 is 1.05 bits per heavy atom. The summed E-state index contributed by atoms with van der Waals surface area (Å²) in [5.74, 6) is -2.50. The van der Waals surface area contributed by atoms with E-state index in [1.165, 1.54) is 0 Å². The molecule has 0 heterocycles. The van der Waals surface area contributed by atoms with E-state index in [0.717, 1.165) is 19.3 Å². The number of amides is 1. The van der Waals surface area contributed by atoms with Crippen LogP contribution in [0.2, 0.25) is 0 Å². The molecule has 7 heteroatoms. The van der Waals surface area contributed by atoms with E-state index < -0.39 is 23.9 Å². The zero-order valence-electron chi connectivity index (χ0n) is 11.1. The molecule has 0 aliphatic heterocycles. The SMILES string of the molecule is CCCCCNC(=O)C(CC(=O)O)NCCC(=O)O. The molecular weight excluding hydrogens is 252 g/mol. The summed E-state index contributed by atoms with van der Waals surface area (Å²) in [6.07, 6.45) is 2.36. The van der Waals surface area contributed by atoms with Gasteiger partial charge in [0, 0.05) is 13.1 Å². The van der Waals surface area contributed by atoms with Gasteiger partial charge < -0.3 is 20.8 Å². The summed E-state index contributed by atoms with van der Waals surface area (Å²) < 4.78 is 0. The molecule has 0 saturated carbocycles. The largest absolute Gasteiger partial charge is 0.481 e. The van der Waals surface area contributed by atoms with Gasteiger partial charge in [-0.25, -0.2) is 0 Å². The predicted octanol–water partition coefficient (Wildman–Crippen LogP) is 0.200. The van der Waals surface area contributed by atoms with Crippen LogP contribution >= 0.6 is 0 Å². The number of carboxylic acid groups (broad SMARTS) is 2. The van der Waals surface area contributed by atoms with Gasteiger partial charge in [-0.15, -0.1) is 0 Å². The lowest BCUT2D eigenvalue weighted by Crippen LogP contribution is -2.46. The van der Waals surface area contributed by atoms with Gasteiger partial charge in [-0.1, -0.05) is 19.8 Å². The van der Waals surface area contributed by atoms with Crippen molar-refractivity contribution in [3.05, 3.63) is 0 Å². The Kier molecular flexibility index (Phi) is 9.42. The molecule has 0 radical (unpaired) electrons. The topological polar surface area (TPSA) is 116 Å². The van der Waals surface area contributed by atoms with E-state index >= 15 is 0 Å². The zero-order chi connectivity index (χ0) is 14.7. The van der Waals surface area contributed by atoms with Gasteiger partial charge in [0.15, 0.2) is 0 Å². The first-order valence-electron chi connectivity index (χ1n) is 6.42. The Morgan fingerprint density at radius 2 is 1.74 bits per heavy atom. The molecule has 0 spiro atoms. The van der Waals surface area contributed by atoms with Crippen molar-refractivity contribution in [2.24, 2.45) is 0 Å². The van der Waals surface area contributed by atoms with Crippen LogP contribution in [0.5, 0.6) is 0 Å². The third kappa shape index (κ3) is 10.0. The second kappa shape index (κ2) is 10.3. The first-order chi connectivity index (χ1) is 8.97. The standard InChI is InChI=1S/C12H22N2O5/c1-2-3-4-6-14-12(19)9(8-11(17)18)13-7-5-10(15)16/h9,13H,2-8H2,1H3,(H,14,19)(H,15,16)(H,17,18). The molecule has 7 nitrogen and oxygen atoms in total. The monoisotopic (exact) mass is 274 g/mol. The van der Waals surface area contributed by atoms with Gasteiger partial charge in [-0.05, 0) is 6.42 Å². The summed E-state index contributed by atoms with van der Waals surface area (Å²) in [5, 5.41) is 22.5. The van der Waals surface area contributed by atoms with E-state index in [0.29, 0.717) is 6.54 Å². The van der Waals surface area contributed by atoms with Gasteiger partial charge in [0.2, 0.25) is 5.91 Å². The highest BCUT2D eigenvalue weighted by molar-refractivity contribution is 5.86. The summed E-state index contributed by atoms with van der Waals surface area (Å²) in [4.78, 5) is 32.7. The number of carboxylic acids is 2. The maximum atomic E-state index is 11.7. The molecule has 1 atom stereocenters. The predicted molar refractivity (Wildman–Crippen MR) is 68.8 cm³/mol. The molecule has 4 N–H and O–H groups in total. The van der Waals surface area contributed by atoms with Gasteiger partial charge in [-0.2, -0.15) is 0 Å². The van der Waals surface area contributed by atoms with E-state index in [9.17, 15) is 14.4 Å². The number of nitrogens with one attached hydrogen (secondary N) is 2.